The van der Waals surface area contributed by atoms with Crippen LogP contribution in [-0.2, 0) is 0 Å². The van der Waals surface area contributed by atoms with Crippen LogP contribution in [0.15, 0.2) is 48.5 Å². The number of para-hydroxylation sites is 1. The van der Waals surface area contributed by atoms with Gasteiger partial charge in [0.15, 0.2) is 0 Å². The molecule has 3 aromatic rings. The Hall–Kier alpha value is -2.99. The molecule has 25 heavy (non-hydrogen) atoms. The van der Waals surface area contributed by atoms with Gasteiger partial charge in [0.2, 0.25) is 0 Å². The van der Waals surface area contributed by atoms with Crippen molar-refractivity contribution < 1.29 is 4.79 Å². The number of benzene rings is 2. The first-order valence-corrected chi connectivity index (χ1v) is 8.13. The molecule has 0 saturated heterocycles. The van der Waals surface area contributed by atoms with Gasteiger partial charge in [-0.15, -0.1) is 0 Å². The van der Waals surface area contributed by atoms with Crippen LogP contribution in [0.4, 0.5) is 5.82 Å². The number of carbonyl (C=O) groups is 1. The lowest BCUT2D eigenvalue weighted by atomic mass is 10.1. The Bertz CT molecular complexity index is 895. The van der Waals surface area contributed by atoms with Crippen molar-refractivity contribution >= 4 is 22.6 Å². The van der Waals surface area contributed by atoms with Crippen molar-refractivity contribution in [2.24, 2.45) is 5.73 Å². The van der Waals surface area contributed by atoms with Gasteiger partial charge < -0.3 is 16.4 Å². The van der Waals surface area contributed by atoms with Gasteiger partial charge in [-0.25, -0.2) is 9.97 Å². The normalized spacial score (nSPS) is 12.1. The van der Waals surface area contributed by atoms with Gasteiger partial charge in [-0.05, 0) is 31.7 Å². The van der Waals surface area contributed by atoms with Gasteiger partial charge in [-0.1, -0.05) is 36.4 Å². The Kier molecular flexibility index (Phi) is 4.90. The number of likely N-dealkylation sites (N-methyl/N-ethyl adjacent to an activating group) is 1. The van der Waals surface area contributed by atoms with Crippen molar-refractivity contribution in [2.75, 3.05) is 18.9 Å². The largest absolute Gasteiger partial charge is 0.366 e. The maximum atomic E-state index is 11.7. The smallest absolute Gasteiger partial charge is 0.250 e. The highest BCUT2D eigenvalue weighted by molar-refractivity contribution is 6.07. The summed E-state index contributed by atoms with van der Waals surface area (Å²) in [6.07, 6.45) is 0. The van der Waals surface area contributed by atoms with E-state index in [9.17, 15) is 4.79 Å². The van der Waals surface area contributed by atoms with Crippen molar-refractivity contribution in [2.45, 2.75) is 13.0 Å². The third-order valence-corrected chi connectivity index (χ3v) is 4.02. The van der Waals surface area contributed by atoms with Crippen molar-refractivity contribution in [3.63, 3.8) is 0 Å². The van der Waals surface area contributed by atoms with Gasteiger partial charge in [0.05, 0.1) is 17.1 Å². The second-order valence-corrected chi connectivity index (χ2v) is 5.85. The summed E-state index contributed by atoms with van der Waals surface area (Å²) in [5.74, 6) is 0.777. The molecule has 0 aliphatic rings. The van der Waals surface area contributed by atoms with Crippen molar-refractivity contribution in [1.29, 1.82) is 0 Å². The molecule has 6 heteroatoms. The number of carbonyl (C=O) groups excluding carboxylic acids is 1. The molecule has 4 N–H and O–H groups in total. The Morgan fingerprint density at radius 3 is 2.56 bits per heavy atom. The summed E-state index contributed by atoms with van der Waals surface area (Å²) in [6.45, 7) is 2.53. The average Bonchev–Trinajstić information content (AvgIpc) is 2.61. The molecule has 0 radical (unpaired) electrons. The molecule has 0 unspecified atom stereocenters. The van der Waals surface area contributed by atoms with Crippen LogP contribution in [0.2, 0.25) is 0 Å². The minimum absolute atomic E-state index is 0.0286. The first kappa shape index (κ1) is 16.9. The Labute approximate surface area is 146 Å². The second-order valence-electron chi connectivity index (χ2n) is 5.85. The summed E-state index contributed by atoms with van der Waals surface area (Å²) >= 11 is 0. The number of aryl methyl sites for hydroxylation is 1. The fourth-order valence-electron chi connectivity index (χ4n) is 2.88. The minimum atomic E-state index is -0.496. The minimum Gasteiger partial charge on any atom is -0.366 e. The maximum Gasteiger partial charge on any atom is 0.250 e. The van der Waals surface area contributed by atoms with Gasteiger partial charge in [-0.3, -0.25) is 4.79 Å². The first-order valence-electron chi connectivity index (χ1n) is 8.13. The number of hydrogen-bond donors (Lipinski definition) is 3. The monoisotopic (exact) mass is 335 g/mol. The third kappa shape index (κ3) is 3.59. The molecule has 3 rings (SSSR count). The molecule has 1 aromatic heterocycles. The predicted molar refractivity (Wildman–Crippen MR) is 99.5 cm³/mol. The Balaban J connectivity index is 2.08. The summed E-state index contributed by atoms with van der Waals surface area (Å²) in [5.41, 5.74) is 7.61. The molecule has 0 spiro atoms. The van der Waals surface area contributed by atoms with E-state index in [0.717, 1.165) is 17.5 Å². The number of nitrogens with two attached hydrogens (primary N) is 1. The van der Waals surface area contributed by atoms with E-state index in [4.69, 9.17) is 5.73 Å². The molecule has 0 bridgehead atoms. The number of rotatable bonds is 6. The average molecular weight is 335 g/mol. The number of aromatic nitrogens is 2. The third-order valence-electron chi connectivity index (χ3n) is 4.02. The molecule has 0 aliphatic carbocycles. The predicted octanol–water partition coefficient (Wildman–Crippen LogP) is 2.41. The van der Waals surface area contributed by atoms with E-state index >= 15 is 0 Å². The van der Waals surface area contributed by atoms with Crippen LogP contribution in [0.3, 0.4) is 0 Å². The van der Waals surface area contributed by atoms with Crippen LogP contribution in [0.25, 0.3) is 10.9 Å². The molecule has 1 heterocycles. The number of amides is 1. The van der Waals surface area contributed by atoms with E-state index in [1.54, 1.807) is 19.1 Å². The molecular formula is C19H21N5O. The van der Waals surface area contributed by atoms with Crippen molar-refractivity contribution in [1.82, 2.24) is 15.3 Å². The molecule has 0 aliphatic heterocycles. The van der Waals surface area contributed by atoms with E-state index in [0.29, 0.717) is 22.7 Å². The summed E-state index contributed by atoms with van der Waals surface area (Å²) in [4.78, 5) is 20.7. The van der Waals surface area contributed by atoms with Gasteiger partial charge in [0.1, 0.15) is 11.6 Å². The van der Waals surface area contributed by atoms with Crippen LogP contribution in [0.5, 0.6) is 0 Å². The maximum absolute atomic E-state index is 11.7. The van der Waals surface area contributed by atoms with Crippen LogP contribution in [0, 0.1) is 6.92 Å². The highest BCUT2D eigenvalue weighted by Crippen LogP contribution is 2.26. The molecule has 1 atom stereocenters. The van der Waals surface area contributed by atoms with Gasteiger partial charge in [0.25, 0.3) is 5.91 Å². The van der Waals surface area contributed by atoms with E-state index < -0.39 is 5.91 Å². The number of primary amides is 1. The highest BCUT2D eigenvalue weighted by Gasteiger charge is 2.16. The van der Waals surface area contributed by atoms with Crippen LogP contribution in [-0.4, -0.2) is 29.5 Å². The van der Waals surface area contributed by atoms with E-state index in [2.05, 4.69) is 32.7 Å². The molecule has 6 nitrogen and oxygen atoms in total. The highest BCUT2D eigenvalue weighted by atomic mass is 16.1. The number of nitrogens with one attached hydrogen (secondary N) is 2. The zero-order valence-corrected chi connectivity index (χ0v) is 14.3. The summed E-state index contributed by atoms with van der Waals surface area (Å²) in [6, 6.07) is 15.5. The lowest BCUT2D eigenvalue weighted by Crippen LogP contribution is -2.24. The molecule has 1 amide bonds. The van der Waals surface area contributed by atoms with Crippen LogP contribution in [0.1, 0.15) is 27.8 Å². The summed E-state index contributed by atoms with van der Waals surface area (Å²) in [7, 11) is 1.91. The topological polar surface area (TPSA) is 92.9 Å². The van der Waals surface area contributed by atoms with Gasteiger partial charge in [-0.2, -0.15) is 0 Å². The quantitative estimate of drug-likeness (QED) is 0.643. The first-order chi connectivity index (χ1) is 12.1. The lowest BCUT2D eigenvalue weighted by molar-refractivity contribution is 0.100. The standard InChI is InChI=1S/C19H21N5O/c1-12-22-17-14(18(20)25)9-6-10-15(17)19(23-12)24-16(11-21-2)13-7-4-3-5-8-13/h3-10,16,21H,11H2,1-2H3,(H2,20,25)(H,22,23,24)/t16-/m1/s1. The lowest BCUT2D eigenvalue weighted by Gasteiger charge is -2.21. The van der Waals surface area contributed by atoms with E-state index in [1.807, 2.05) is 31.3 Å². The van der Waals surface area contributed by atoms with Crippen LogP contribution >= 0.6 is 0 Å². The number of hydrogen-bond acceptors (Lipinski definition) is 5. The number of fused-ring (bicyclic) bond motifs is 1. The Morgan fingerprint density at radius 1 is 1.12 bits per heavy atom. The van der Waals surface area contributed by atoms with E-state index in [1.165, 1.54) is 0 Å². The number of anilines is 1. The molecular weight excluding hydrogens is 314 g/mol. The van der Waals surface area contributed by atoms with E-state index in [-0.39, 0.29) is 6.04 Å². The molecule has 0 saturated carbocycles. The zero-order valence-electron chi connectivity index (χ0n) is 14.3. The second kappa shape index (κ2) is 7.27. The molecule has 0 fully saturated rings. The fourth-order valence-corrected chi connectivity index (χ4v) is 2.88. The molecule has 128 valence electrons. The number of nitrogens with zero attached hydrogens (tertiary/aromatic N) is 2. The Morgan fingerprint density at radius 2 is 1.88 bits per heavy atom. The summed E-state index contributed by atoms with van der Waals surface area (Å²) in [5, 5.41) is 7.46. The van der Waals surface area contributed by atoms with Crippen LogP contribution < -0.4 is 16.4 Å². The molecule has 2 aromatic carbocycles. The SMILES string of the molecule is CNC[C@@H](Nc1nc(C)nc2c(C(N)=O)cccc12)c1ccccc1. The fraction of sp³-hybridized carbons (Fsp3) is 0.211. The van der Waals surface area contributed by atoms with Crippen molar-refractivity contribution in [3.8, 4) is 0 Å². The van der Waals surface area contributed by atoms with Gasteiger partial charge >= 0.3 is 0 Å². The van der Waals surface area contributed by atoms with Gasteiger partial charge in [0, 0.05) is 11.9 Å². The summed E-state index contributed by atoms with van der Waals surface area (Å²) < 4.78 is 0. The van der Waals surface area contributed by atoms with Crippen molar-refractivity contribution in [3.05, 3.63) is 65.5 Å². The zero-order chi connectivity index (χ0) is 17.8.